The Bertz CT molecular complexity index is 755. The van der Waals surface area contributed by atoms with Crippen molar-refractivity contribution in [3.8, 4) is 5.75 Å². The van der Waals surface area contributed by atoms with Crippen molar-refractivity contribution in [1.82, 2.24) is 0 Å². The van der Waals surface area contributed by atoms with Crippen LogP contribution in [0.15, 0.2) is 53.4 Å². The molecule has 0 spiro atoms. The molecule has 0 aliphatic rings. The average Bonchev–Trinajstić information content (AvgIpc) is 2.38. The minimum atomic E-state index is -4.09. The smallest absolute Gasteiger partial charge is 0.339 e. The van der Waals surface area contributed by atoms with Crippen LogP contribution in [-0.2, 0) is 10.1 Å². The molecule has 7 heteroatoms. The summed E-state index contributed by atoms with van der Waals surface area (Å²) in [6.07, 6.45) is 0. The number of nitrogens with zero attached hydrogens (tertiary/aromatic N) is 1. The Morgan fingerprint density at radius 3 is 2.45 bits per heavy atom. The lowest BCUT2D eigenvalue weighted by Gasteiger charge is -2.07. The maximum atomic E-state index is 12.0. The van der Waals surface area contributed by atoms with E-state index in [1.165, 1.54) is 24.3 Å². The minimum absolute atomic E-state index is 0.163. The zero-order chi connectivity index (χ0) is 14.8. The SMILES string of the molecule is Cc1cccc(OS(=O)(=O)c2cccc([N+](=O)[O-])c2)c1. The second-order valence-corrected chi connectivity index (χ2v) is 5.65. The van der Waals surface area contributed by atoms with E-state index in [1.807, 2.05) is 0 Å². The molecule has 0 bridgehead atoms. The molecular formula is C13H11NO5S. The number of hydrogen-bond acceptors (Lipinski definition) is 5. The third kappa shape index (κ3) is 3.12. The summed E-state index contributed by atoms with van der Waals surface area (Å²) < 4.78 is 29.0. The van der Waals surface area contributed by atoms with Gasteiger partial charge in [0.15, 0.2) is 0 Å². The van der Waals surface area contributed by atoms with Crippen LogP contribution >= 0.6 is 0 Å². The molecule has 0 aliphatic carbocycles. The van der Waals surface area contributed by atoms with Gasteiger partial charge in [-0.3, -0.25) is 10.1 Å². The highest BCUT2D eigenvalue weighted by molar-refractivity contribution is 7.87. The second kappa shape index (κ2) is 5.30. The molecule has 6 nitrogen and oxygen atoms in total. The van der Waals surface area contributed by atoms with E-state index in [4.69, 9.17) is 4.18 Å². The molecule has 0 heterocycles. The third-order valence-corrected chi connectivity index (χ3v) is 3.76. The van der Waals surface area contributed by atoms with E-state index in [1.54, 1.807) is 25.1 Å². The molecule has 0 N–H and O–H groups in total. The van der Waals surface area contributed by atoms with Crippen LogP contribution in [0.1, 0.15) is 5.56 Å². The predicted molar refractivity (Wildman–Crippen MR) is 72.1 cm³/mol. The summed E-state index contributed by atoms with van der Waals surface area (Å²) in [5, 5.41) is 10.7. The van der Waals surface area contributed by atoms with Crippen molar-refractivity contribution >= 4 is 15.8 Å². The van der Waals surface area contributed by atoms with Crippen molar-refractivity contribution in [1.29, 1.82) is 0 Å². The standard InChI is InChI=1S/C13H11NO5S/c1-10-4-2-6-12(8-10)19-20(17,18)13-7-3-5-11(9-13)14(15)16/h2-9H,1H3. The first kappa shape index (κ1) is 14.0. The summed E-state index contributed by atoms with van der Waals surface area (Å²) in [5.41, 5.74) is 0.538. The minimum Gasteiger partial charge on any atom is -0.379 e. The molecule has 0 amide bonds. The van der Waals surface area contributed by atoms with Crippen LogP contribution in [0.25, 0.3) is 0 Å². The Morgan fingerprint density at radius 1 is 1.10 bits per heavy atom. The summed E-state index contributed by atoms with van der Waals surface area (Å²) in [4.78, 5) is 9.74. The molecule has 0 aliphatic heterocycles. The van der Waals surface area contributed by atoms with Gasteiger partial charge in [-0.25, -0.2) is 0 Å². The fourth-order valence-electron chi connectivity index (χ4n) is 1.59. The number of non-ortho nitro benzene ring substituents is 1. The van der Waals surface area contributed by atoms with Crippen molar-refractivity contribution in [2.24, 2.45) is 0 Å². The highest BCUT2D eigenvalue weighted by Crippen LogP contribution is 2.22. The maximum Gasteiger partial charge on any atom is 0.339 e. The van der Waals surface area contributed by atoms with Gasteiger partial charge in [0.2, 0.25) is 0 Å². The van der Waals surface area contributed by atoms with Gasteiger partial charge in [-0.1, -0.05) is 18.2 Å². The van der Waals surface area contributed by atoms with E-state index in [0.717, 1.165) is 11.6 Å². The molecule has 2 aromatic carbocycles. The number of nitro groups is 1. The Labute approximate surface area is 115 Å². The molecule has 0 saturated heterocycles. The van der Waals surface area contributed by atoms with Crippen molar-refractivity contribution < 1.29 is 17.5 Å². The Hall–Kier alpha value is -2.41. The summed E-state index contributed by atoms with van der Waals surface area (Å²) in [5.74, 6) is 0.163. The Morgan fingerprint density at radius 2 is 1.80 bits per heavy atom. The van der Waals surface area contributed by atoms with E-state index in [9.17, 15) is 18.5 Å². The lowest BCUT2D eigenvalue weighted by Crippen LogP contribution is -2.10. The molecule has 2 aromatic rings. The molecule has 2 rings (SSSR count). The number of benzene rings is 2. The molecular weight excluding hydrogens is 282 g/mol. The van der Waals surface area contributed by atoms with E-state index in [-0.39, 0.29) is 16.3 Å². The molecule has 0 atom stereocenters. The summed E-state index contributed by atoms with van der Waals surface area (Å²) in [7, 11) is -4.09. The fraction of sp³-hybridized carbons (Fsp3) is 0.0769. The molecule has 0 unspecified atom stereocenters. The number of hydrogen-bond donors (Lipinski definition) is 0. The summed E-state index contributed by atoms with van der Waals surface area (Å²) >= 11 is 0. The first-order valence-corrected chi connectivity index (χ1v) is 7.05. The quantitative estimate of drug-likeness (QED) is 0.491. The number of nitro benzene ring substituents is 1. The first-order valence-electron chi connectivity index (χ1n) is 5.64. The van der Waals surface area contributed by atoms with Crippen LogP contribution in [0.5, 0.6) is 5.75 Å². The Balaban J connectivity index is 2.35. The van der Waals surface area contributed by atoms with Crippen molar-refractivity contribution in [3.63, 3.8) is 0 Å². The van der Waals surface area contributed by atoms with Crippen LogP contribution in [0.4, 0.5) is 5.69 Å². The molecule has 0 saturated carbocycles. The zero-order valence-electron chi connectivity index (χ0n) is 10.5. The van der Waals surface area contributed by atoms with Crippen molar-refractivity contribution in [2.45, 2.75) is 11.8 Å². The van der Waals surface area contributed by atoms with Crippen LogP contribution in [0.3, 0.4) is 0 Å². The van der Waals surface area contributed by atoms with Gasteiger partial charge in [-0.2, -0.15) is 8.42 Å². The summed E-state index contributed by atoms with van der Waals surface area (Å²) in [6.45, 7) is 1.80. The van der Waals surface area contributed by atoms with E-state index in [0.29, 0.717) is 0 Å². The molecule has 0 radical (unpaired) electrons. The van der Waals surface area contributed by atoms with Gasteiger partial charge >= 0.3 is 10.1 Å². The number of rotatable bonds is 4. The fourth-order valence-corrected chi connectivity index (χ4v) is 2.56. The highest BCUT2D eigenvalue weighted by Gasteiger charge is 2.19. The molecule has 0 aromatic heterocycles. The largest absolute Gasteiger partial charge is 0.379 e. The van der Waals surface area contributed by atoms with Gasteiger partial charge in [0.1, 0.15) is 10.6 Å². The monoisotopic (exact) mass is 293 g/mol. The van der Waals surface area contributed by atoms with Gasteiger partial charge in [0, 0.05) is 12.1 Å². The zero-order valence-corrected chi connectivity index (χ0v) is 11.3. The van der Waals surface area contributed by atoms with Crippen molar-refractivity contribution in [2.75, 3.05) is 0 Å². The van der Waals surface area contributed by atoms with Crippen LogP contribution < -0.4 is 4.18 Å². The van der Waals surface area contributed by atoms with Crippen LogP contribution in [0, 0.1) is 17.0 Å². The van der Waals surface area contributed by atoms with Crippen LogP contribution in [0.2, 0.25) is 0 Å². The van der Waals surface area contributed by atoms with Crippen LogP contribution in [-0.4, -0.2) is 13.3 Å². The lowest BCUT2D eigenvalue weighted by molar-refractivity contribution is -0.385. The van der Waals surface area contributed by atoms with E-state index >= 15 is 0 Å². The maximum absolute atomic E-state index is 12.0. The van der Waals surface area contributed by atoms with Crippen molar-refractivity contribution in [3.05, 3.63) is 64.2 Å². The predicted octanol–water partition coefficient (Wildman–Crippen LogP) is 2.67. The third-order valence-electron chi connectivity index (χ3n) is 2.51. The first-order chi connectivity index (χ1) is 9.38. The van der Waals surface area contributed by atoms with Gasteiger partial charge < -0.3 is 4.18 Å². The molecule has 104 valence electrons. The van der Waals surface area contributed by atoms with Gasteiger partial charge in [-0.05, 0) is 30.7 Å². The lowest BCUT2D eigenvalue weighted by atomic mass is 10.2. The average molecular weight is 293 g/mol. The van der Waals surface area contributed by atoms with Gasteiger partial charge in [0.25, 0.3) is 5.69 Å². The Kier molecular flexibility index (Phi) is 3.71. The van der Waals surface area contributed by atoms with Gasteiger partial charge in [-0.15, -0.1) is 0 Å². The molecule has 20 heavy (non-hydrogen) atoms. The topological polar surface area (TPSA) is 86.5 Å². The normalized spacial score (nSPS) is 11.1. The van der Waals surface area contributed by atoms with E-state index in [2.05, 4.69) is 0 Å². The number of aryl methyl sites for hydroxylation is 1. The van der Waals surface area contributed by atoms with Gasteiger partial charge in [0.05, 0.1) is 4.92 Å². The molecule has 0 fully saturated rings. The second-order valence-electron chi connectivity index (χ2n) is 4.11. The van der Waals surface area contributed by atoms with E-state index < -0.39 is 15.0 Å². The summed E-state index contributed by atoms with van der Waals surface area (Å²) in [6, 6.07) is 11.2. The highest BCUT2D eigenvalue weighted by atomic mass is 32.2.